The van der Waals surface area contributed by atoms with E-state index in [1.807, 2.05) is 6.08 Å². The van der Waals surface area contributed by atoms with E-state index in [1.54, 1.807) is 6.07 Å². The Labute approximate surface area is 150 Å². The number of halogens is 1. The summed E-state index contributed by atoms with van der Waals surface area (Å²) in [5.74, 6) is -0.363. The first-order chi connectivity index (χ1) is 12.2. The summed E-state index contributed by atoms with van der Waals surface area (Å²) < 4.78 is 14.2. The minimum atomic E-state index is -1.61. The van der Waals surface area contributed by atoms with Crippen molar-refractivity contribution in [3.63, 3.8) is 0 Å². The largest absolute Gasteiger partial charge is 0.387 e. The van der Waals surface area contributed by atoms with E-state index in [2.05, 4.69) is 5.32 Å². The smallest absolute Gasteiger partial charge is 0.277 e. The number of nitrogens with zero attached hydrogens (tertiary/aromatic N) is 2. The topological polar surface area (TPSA) is 95.7 Å². The first kappa shape index (κ1) is 18.5. The van der Waals surface area contributed by atoms with Crippen LogP contribution >= 0.6 is 0 Å². The third-order valence-corrected chi connectivity index (χ3v) is 4.85. The van der Waals surface area contributed by atoms with Gasteiger partial charge in [-0.25, -0.2) is 4.39 Å². The minimum absolute atomic E-state index is 0.0363. The van der Waals surface area contributed by atoms with Crippen molar-refractivity contribution >= 4 is 17.2 Å². The lowest BCUT2D eigenvalue weighted by atomic mass is 9.95. The zero-order chi connectivity index (χ0) is 19.1. The third-order valence-electron chi connectivity index (χ3n) is 4.85. The lowest BCUT2D eigenvalue weighted by molar-refractivity contribution is -0.385. The molecule has 1 amide bonds. The molecule has 2 heterocycles. The molecule has 3 rings (SSSR count). The molecule has 0 bridgehead atoms. The number of alkyl halides is 1. The van der Waals surface area contributed by atoms with Crippen LogP contribution in [-0.4, -0.2) is 52.2 Å². The zero-order valence-corrected chi connectivity index (χ0v) is 14.8. The third kappa shape index (κ3) is 3.47. The van der Waals surface area contributed by atoms with Gasteiger partial charge in [0.1, 0.15) is 6.17 Å². The molecular weight excluding hydrogens is 341 g/mol. The number of hydrogen-bond donors (Lipinski definition) is 2. The Morgan fingerprint density at radius 3 is 2.73 bits per heavy atom. The minimum Gasteiger partial charge on any atom is -0.387 e. The monoisotopic (exact) mass is 363 g/mol. The van der Waals surface area contributed by atoms with Crippen molar-refractivity contribution in [2.75, 3.05) is 19.6 Å². The summed E-state index contributed by atoms with van der Waals surface area (Å²) in [6.45, 7) is 3.88. The Hall–Kier alpha value is -2.32. The summed E-state index contributed by atoms with van der Waals surface area (Å²) in [5.41, 5.74) is 0.572. The van der Waals surface area contributed by atoms with Gasteiger partial charge in [0.05, 0.1) is 22.6 Å². The van der Waals surface area contributed by atoms with Gasteiger partial charge < -0.3 is 15.3 Å². The molecular formula is C18H22FN3O4. The summed E-state index contributed by atoms with van der Waals surface area (Å²) in [6.07, 6.45) is 0.923. The number of aliphatic hydroxyl groups is 1. The van der Waals surface area contributed by atoms with Gasteiger partial charge in [0, 0.05) is 24.7 Å². The van der Waals surface area contributed by atoms with Gasteiger partial charge in [-0.15, -0.1) is 0 Å². The van der Waals surface area contributed by atoms with Gasteiger partial charge in [0.25, 0.3) is 11.6 Å². The van der Waals surface area contributed by atoms with Crippen molar-refractivity contribution in [2.45, 2.75) is 38.6 Å². The summed E-state index contributed by atoms with van der Waals surface area (Å²) in [5, 5.41) is 24.4. The summed E-state index contributed by atoms with van der Waals surface area (Å²) in [7, 11) is 0. The first-order valence-electron chi connectivity index (χ1n) is 8.55. The number of nitro groups is 1. The number of hydrogen-bond acceptors (Lipinski definition) is 5. The maximum absolute atomic E-state index is 14.2. The molecule has 0 aliphatic carbocycles. The van der Waals surface area contributed by atoms with Gasteiger partial charge in [-0.2, -0.15) is 0 Å². The lowest BCUT2D eigenvalue weighted by Crippen LogP contribution is -2.42. The Balaban J connectivity index is 1.95. The molecule has 1 unspecified atom stereocenters. The molecule has 8 heteroatoms. The van der Waals surface area contributed by atoms with Crippen LogP contribution < -0.4 is 5.32 Å². The fourth-order valence-corrected chi connectivity index (χ4v) is 3.25. The van der Waals surface area contributed by atoms with Crippen LogP contribution in [0.3, 0.4) is 0 Å². The molecule has 0 radical (unpaired) electrons. The maximum Gasteiger partial charge on any atom is 0.277 e. The molecule has 2 N–H and O–H groups in total. The molecule has 0 aromatic heterocycles. The highest BCUT2D eigenvalue weighted by Gasteiger charge is 2.36. The summed E-state index contributed by atoms with van der Waals surface area (Å²) in [4.78, 5) is 25.0. The molecule has 2 aliphatic rings. The van der Waals surface area contributed by atoms with Crippen LogP contribution in [-0.2, 0) is 6.54 Å². The second kappa shape index (κ2) is 6.77. The SMILES string of the molecule is CC(C)(O)C(F)CN1Cc2cc([N+](=O)[O-])c(C3=CCNCC3)cc2C1=O. The second-order valence-corrected chi connectivity index (χ2v) is 7.27. The van der Waals surface area contributed by atoms with Crippen LogP contribution in [0.4, 0.5) is 10.1 Å². The van der Waals surface area contributed by atoms with Gasteiger partial charge >= 0.3 is 0 Å². The van der Waals surface area contributed by atoms with Crippen LogP contribution in [0.25, 0.3) is 5.57 Å². The predicted molar refractivity (Wildman–Crippen MR) is 94.5 cm³/mol. The summed E-state index contributed by atoms with van der Waals surface area (Å²) >= 11 is 0. The van der Waals surface area contributed by atoms with Crippen LogP contribution in [0.1, 0.15) is 41.8 Å². The highest BCUT2D eigenvalue weighted by atomic mass is 19.1. The average Bonchev–Trinajstić information content (AvgIpc) is 2.89. The Bertz CT molecular complexity index is 785. The summed E-state index contributed by atoms with van der Waals surface area (Å²) in [6, 6.07) is 2.98. The van der Waals surface area contributed by atoms with Crippen LogP contribution in [0.2, 0.25) is 0 Å². The van der Waals surface area contributed by atoms with Crippen LogP contribution in [0.5, 0.6) is 0 Å². The maximum atomic E-state index is 14.2. The van der Waals surface area contributed by atoms with E-state index >= 15 is 0 Å². The zero-order valence-electron chi connectivity index (χ0n) is 14.8. The fourth-order valence-electron chi connectivity index (χ4n) is 3.25. The average molecular weight is 363 g/mol. The highest BCUT2D eigenvalue weighted by Crippen LogP contribution is 2.35. The normalized spacial score (nSPS) is 18.5. The lowest BCUT2D eigenvalue weighted by Gasteiger charge is -2.26. The van der Waals surface area contributed by atoms with Crippen LogP contribution in [0, 0.1) is 10.1 Å². The van der Waals surface area contributed by atoms with Gasteiger partial charge in [-0.05, 0) is 44.0 Å². The van der Waals surface area contributed by atoms with E-state index in [9.17, 15) is 24.4 Å². The molecule has 26 heavy (non-hydrogen) atoms. The molecule has 0 spiro atoms. The Morgan fingerprint density at radius 1 is 1.42 bits per heavy atom. The van der Waals surface area contributed by atoms with Crippen molar-refractivity contribution in [1.82, 2.24) is 10.2 Å². The second-order valence-electron chi connectivity index (χ2n) is 7.27. The molecule has 1 atom stereocenters. The Morgan fingerprint density at radius 2 is 2.15 bits per heavy atom. The predicted octanol–water partition coefficient (Wildman–Crippen LogP) is 2.04. The number of fused-ring (bicyclic) bond motifs is 1. The molecule has 7 nitrogen and oxygen atoms in total. The van der Waals surface area contributed by atoms with E-state index in [-0.39, 0.29) is 24.7 Å². The van der Waals surface area contributed by atoms with Crippen molar-refractivity contribution in [2.24, 2.45) is 0 Å². The van der Waals surface area contributed by atoms with E-state index in [1.165, 1.54) is 24.8 Å². The fraction of sp³-hybridized carbons (Fsp3) is 0.500. The number of nitro benzene ring substituents is 1. The van der Waals surface area contributed by atoms with Gasteiger partial charge in [-0.3, -0.25) is 14.9 Å². The van der Waals surface area contributed by atoms with Gasteiger partial charge in [-0.1, -0.05) is 6.08 Å². The van der Waals surface area contributed by atoms with E-state index in [0.717, 1.165) is 12.1 Å². The van der Waals surface area contributed by atoms with Crippen molar-refractivity contribution in [3.05, 3.63) is 45.0 Å². The van der Waals surface area contributed by atoms with Gasteiger partial charge in [0.15, 0.2) is 0 Å². The Kier molecular flexibility index (Phi) is 4.81. The molecule has 140 valence electrons. The molecule has 1 aromatic carbocycles. The van der Waals surface area contributed by atoms with Crippen molar-refractivity contribution in [1.29, 1.82) is 0 Å². The quantitative estimate of drug-likeness (QED) is 0.616. The van der Waals surface area contributed by atoms with E-state index < -0.39 is 16.7 Å². The van der Waals surface area contributed by atoms with Crippen LogP contribution in [0.15, 0.2) is 18.2 Å². The number of carbonyl (C=O) groups is 1. The van der Waals surface area contributed by atoms with E-state index in [4.69, 9.17) is 0 Å². The number of benzene rings is 1. The standard InChI is InChI=1S/C18H22FN3O4/c1-18(2,24)16(19)10-21-9-12-7-15(22(25)26)13(8-14(12)17(21)23)11-3-5-20-6-4-11/h3,7-8,16,20,24H,4-6,9-10H2,1-2H3. The molecule has 0 saturated carbocycles. The van der Waals surface area contributed by atoms with Crippen molar-refractivity contribution in [3.8, 4) is 0 Å². The number of amides is 1. The molecule has 0 fully saturated rings. The molecule has 1 aromatic rings. The molecule has 0 saturated heterocycles. The highest BCUT2D eigenvalue weighted by molar-refractivity contribution is 6.00. The number of rotatable bonds is 5. The number of carbonyl (C=O) groups excluding carboxylic acids is 1. The molecule has 2 aliphatic heterocycles. The number of nitrogens with one attached hydrogen (secondary N) is 1. The first-order valence-corrected chi connectivity index (χ1v) is 8.55. The van der Waals surface area contributed by atoms with Crippen molar-refractivity contribution < 1.29 is 19.2 Å². The van der Waals surface area contributed by atoms with E-state index in [0.29, 0.717) is 29.7 Å². The van der Waals surface area contributed by atoms with Gasteiger partial charge in [0.2, 0.25) is 0 Å².